The molecule has 1 atom stereocenters. The average Bonchev–Trinajstić information content (AvgIpc) is 2.97. The lowest BCUT2D eigenvalue weighted by atomic mass is 9.74. The fourth-order valence-electron chi connectivity index (χ4n) is 4.38. The van der Waals surface area contributed by atoms with Gasteiger partial charge in [-0.2, -0.15) is 0 Å². The number of hydrogen-bond donors (Lipinski definition) is 2. The number of aryl methyl sites for hydroxylation is 1. The number of rotatable bonds is 4. The number of aromatic nitrogens is 4. The Morgan fingerprint density at radius 3 is 2.64 bits per heavy atom. The fraction of sp³-hybridized carbons (Fsp3) is 0.667. The molecule has 0 amide bonds. The van der Waals surface area contributed by atoms with E-state index in [1.165, 1.54) is 11.3 Å². The van der Waals surface area contributed by atoms with Crippen LogP contribution >= 0.6 is 0 Å². The number of nitrogens with one attached hydrogen (secondary N) is 1. The minimum atomic E-state index is -0.183. The molecule has 3 heterocycles. The fourth-order valence-corrected chi connectivity index (χ4v) is 4.38. The predicted octanol–water partition coefficient (Wildman–Crippen LogP) is 2.28. The van der Waals surface area contributed by atoms with Crippen molar-refractivity contribution in [3.05, 3.63) is 35.2 Å². The van der Waals surface area contributed by atoms with Gasteiger partial charge in [-0.25, -0.2) is 15.0 Å². The van der Waals surface area contributed by atoms with Crippen molar-refractivity contribution >= 4 is 5.95 Å². The minimum absolute atomic E-state index is 0.183. The van der Waals surface area contributed by atoms with Gasteiger partial charge in [0.15, 0.2) is 0 Å². The molecule has 0 radical (unpaired) electrons. The summed E-state index contributed by atoms with van der Waals surface area (Å²) in [6, 6.07) is 0.242. The van der Waals surface area contributed by atoms with Gasteiger partial charge in [0.25, 0.3) is 0 Å². The number of aliphatic hydroxyl groups excluding tert-OH is 1. The first-order valence-corrected chi connectivity index (χ1v) is 10.3. The summed E-state index contributed by atoms with van der Waals surface area (Å²) in [5.41, 5.74) is 3.76. The Hall–Kier alpha value is -1.99. The van der Waals surface area contributed by atoms with Gasteiger partial charge in [-0.1, -0.05) is 13.8 Å². The molecule has 1 saturated heterocycles. The van der Waals surface area contributed by atoms with Crippen LogP contribution in [0.3, 0.4) is 0 Å². The topological polar surface area (TPSA) is 79.1 Å². The van der Waals surface area contributed by atoms with E-state index < -0.39 is 0 Å². The molecule has 2 aromatic heterocycles. The van der Waals surface area contributed by atoms with Crippen LogP contribution in [0.1, 0.15) is 61.9 Å². The molecule has 1 aliphatic carbocycles. The number of imidazole rings is 1. The highest BCUT2D eigenvalue weighted by molar-refractivity contribution is 5.37. The Kier molecular flexibility index (Phi) is 5.14. The average molecular weight is 385 g/mol. The van der Waals surface area contributed by atoms with E-state index in [0.717, 1.165) is 62.8 Å². The molecule has 1 fully saturated rings. The smallest absolute Gasteiger partial charge is 0.225 e. The van der Waals surface area contributed by atoms with Gasteiger partial charge < -0.3 is 19.9 Å². The van der Waals surface area contributed by atoms with E-state index in [1.54, 1.807) is 0 Å². The molecule has 1 unspecified atom stereocenters. The minimum Gasteiger partial charge on any atom is -0.393 e. The first-order chi connectivity index (χ1) is 13.3. The molecular weight excluding hydrogens is 352 g/mol. The molecule has 7 nitrogen and oxygen atoms in total. The van der Waals surface area contributed by atoms with Gasteiger partial charge in [-0.05, 0) is 38.0 Å². The van der Waals surface area contributed by atoms with Crippen LogP contribution in [0.25, 0.3) is 0 Å². The van der Waals surface area contributed by atoms with Crippen LogP contribution in [0.4, 0.5) is 5.95 Å². The van der Waals surface area contributed by atoms with E-state index in [1.807, 2.05) is 19.3 Å². The highest BCUT2D eigenvalue weighted by Crippen LogP contribution is 2.40. The number of hydrogen-bond acceptors (Lipinski definition) is 6. The predicted molar refractivity (Wildman–Crippen MR) is 109 cm³/mol. The van der Waals surface area contributed by atoms with Gasteiger partial charge in [0, 0.05) is 50.7 Å². The summed E-state index contributed by atoms with van der Waals surface area (Å²) in [7, 11) is 2.06. The van der Waals surface area contributed by atoms with Gasteiger partial charge in [0.1, 0.15) is 5.82 Å². The van der Waals surface area contributed by atoms with Crippen LogP contribution in [-0.4, -0.2) is 43.8 Å². The van der Waals surface area contributed by atoms with Gasteiger partial charge in [0.2, 0.25) is 5.95 Å². The third kappa shape index (κ3) is 3.91. The lowest BCUT2D eigenvalue weighted by Crippen LogP contribution is -2.38. The zero-order valence-corrected chi connectivity index (χ0v) is 17.4. The number of nitrogens with zero attached hydrogens (tertiary/aromatic N) is 5. The second-order valence-electron chi connectivity index (χ2n) is 9.12. The standard InChI is InChI=1S/C21H32N6O/c1-14-22-11-15(26(14)4)12-23-18-9-21(2,3)10-19-17(18)13-24-20(25-19)27-7-5-16(28)6-8-27/h11,13,16,18,23,28H,5-10,12H2,1-4H3. The molecule has 2 aliphatic rings. The molecule has 0 saturated carbocycles. The van der Waals surface area contributed by atoms with E-state index >= 15 is 0 Å². The molecule has 152 valence electrons. The zero-order valence-electron chi connectivity index (χ0n) is 17.4. The van der Waals surface area contributed by atoms with Crippen LogP contribution in [0.15, 0.2) is 12.4 Å². The molecule has 2 N–H and O–H groups in total. The maximum Gasteiger partial charge on any atom is 0.225 e. The Morgan fingerprint density at radius 1 is 1.21 bits per heavy atom. The van der Waals surface area contributed by atoms with Crippen molar-refractivity contribution in [1.29, 1.82) is 0 Å². The second kappa shape index (κ2) is 7.44. The third-order valence-electron chi connectivity index (χ3n) is 6.26. The van der Waals surface area contributed by atoms with Crippen LogP contribution in [-0.2, 0) is 20.0 Å². The van der Waals surface area contributed by atoms with Crippen molar-refractivity contribution < 1.29 is 5.11 Å². The molecule has 0 aromatic carbocycles. The highest BCUT2D eigenvalue weighted by Gasteiger charge is 2.34. The summed E-state index contributed by atoms with van der Waals surface area (Å²) >= 11 is 0. The summed E-state index contributed by atoms with van der Waals surface area (Å²) in [6.07, 6.45) is 7.40. The number of aliphatic hydroxyl groups is 1. The zero-order chi connectivity index (χ0) is 19.9. The quantitative estimate of drug-likeness (QED) is 0.842. The Labute approximate surface area is 167 Å². The van der Waals surface area contributed by atoms with E-state index in [2.05, 4.69) is 40.7 Å². The first kappa shape index (κ1) is 19.3. The van der Waals surface area contributed by atoms with Crippen LogP contribution < -0.4 is 10.2 Å². The number of anilines is 1. The van der Waals surface area contributed by atoms with E-state index in [9.17, 15) is 5.11 Å². The summed E-state index contributed by atoms with van der Waals surface area (Å²) in [6.45, 7) is 9.09. The monoisotopic (exact) mass is 384 g/mol. The summed E-state index contributed by atoms with van der Waals surface area (Å²) in [5.74, 6) is 1.84. The Morgan fingerprint density at radius 2 is 1.96 bits per heavy atom. The van der Waals surface area contributed by atoms with Crippen molar-refractivity contribution in [2.24, 2.45) is 12.5 Å². The lowest BCUT2D eigenvalue weighted by molar-refractivity contribution is 0.145. The van der Waals surface area contributed by atoms with Gasteiger partial charge in [0.05, 0.1) is 17.5 Å². The molecular formula is C21H32N6O. The highest BCUT2D eigenvalue weighted by atomic mass is 16.3. The van der Waals surface area contributed by atoms with E-state index in [-0.39, 0.29) is 17.6 Å². The summed E-state index contributed by atoms with van der Waals surface area (Å²) in [5, 5.41) is 13.5. The first-order valence-electron chi connectivity index (χ1n) is 10.3. The normalized spacial score (nSPS) is 22.3. The maximum atomic E-state index is 9.76. The molecule has 7 heteroatoms. The van der Waals surface area contributed by atoms with Crippen molar-refractivity contribution in [2.45, 2.75) is 65.1 Å². The Bertz CT molecular complexity index is 837. The second-order valence-corrected chi connectivity index (χ2v) is 9.12. The van der Waals surface area contributed by atoms with Gasteiger partial charge in [-0.3, -0.25) is 0 Å². The van der Waals surface area contributed by atoms with Crippen LogP contribution in [0.2, 0.25) is 0 Å². The van der Waals surface area contributed by atoms with Gasteiger partial charge in [-0.15, -0.1) is 0 Å². The van der Waals surface area contributed by atoms with Crippen LogP contribution in [0.5, 0.6) is 0 Å². The molecule has 0 bridgehead atoms. The molecule has 2 aromatic rings. The lowest BCUT2D eigenvalue weighted by Gasteiger charge is -2.37. The van der Waals surface area contributed by atoms with E-state index in [0.29, 0.717) is 0 Å². The summed E-state index contributed by atoms with van der Waals surface area (Å²) < 4.78 is 2.13. The molecule has 28 heavy (non-hydrogen) atoms. The van der Waals surface area contributed by atoms with Crippen molar-refractivity contribution in [3.8, 4) is 0 Å². The number of piperidine rings is 1. The molecule has 0 spiro atoms. The Balaban J connectivity index is 1.54. The largest absolute Gasteiger partial charge is 0.393 e. The maximum absolute atomic E-state index is 9.76. The van der Waals surface area contributed by atoms with Crippen molar-refractivity contribution in [3.63, 3.8) is 0 Å². The molecule has 4 rings (SSSR count). The van der Waals surface area contributed by atoms with Crippen molar-refractivity contribution in [1.82, 2.24) is 24.8 Å². The van der Waals surface area contributed by atoms with E-state index in [4.69, 9.17) is 9.97 Å². The van der Waals surface area contributed by atoms with Crippen molar-refractivity contribution in [2.75, 3.05) is 18.0 Å². The summed E-state index contributed by atoms with van der Waals surface area (Å²) in [4.78, 5) is 16.3. The third-order valence-corrected chi connectivity index (χ3v) is 6.26. The molecule has 1 aliphatic heterocycles. The van der Waals surface area contributed by atoms with Crippen LogP contribution in [0, 0.1) is 12.3 Å². The van der Waals surface area contributed by atoms with Gasteiger partial charge >= 0.3 is 0 Å². The SMILES string of the molecule is Cc1ncc(CNC2CC(C)(C)Cc3nc(N4CCC(O)CC4)ncc32)n1C. The number of fused-ring (bicyclic) bond motifs is 1.